The Kier molecular flexibility index (Phi) is 5.14. The molecule has 0 saturated carbocycles. The molecule has 0 radical (unpaired) electrons. The predicted octanol–water partition coefficient (Wildman–Crippen LogP) is 1.32. The van der Waals surface area contributed by atoms with Crippen LogP contribution in [0.4, 0.5) is 0 Å². The van der Waals surface area contributed by atoms with Gasteiger partial charge in [-0.3, -0.25) is 0 Å². The van der Waals surface area contributed by atoms with Crippen LogP contribution in [0.25, 0.3) is 0 Å². The average molecular weight is 74.1 g/mol. The van der Waals surface area contributed by atoms with Gasteiger partial charge in [0.05, 0.1) is 0 Å². The summed E-state index contributed by atoms with van der Waals surface area (Å²) < 4.78 is 0. The molecule has 0 aliphatic carbocycles. The molecular weight excluding hydrogens is 67.0 g/mol. The van der Waals surface area contributed by atoms with Gasteiger partial charge in [-0.1, -0.05) is 0 Å². The monoisotopic (exact) mass is 74.1 g/mol. The predicted molar refractivity (Wildman–Crippen MR) is 29.9 cm³/mol. The van der Waals surface area contributed by atoms with Crippen molar-refractivity contribution in [1.29, 1.82) is 0 Å². The van der Waals surface area contributed by atoms with Crippen molar-refractivity contribution in [2.75, 3.05) is 0 Å². The van der Waals surface area contributed by atoms with Gasteiger partial charge in [-0.05, 0) is 0 Å². The van der Waals surface area contributed by atoms with E-state index in [1.54, 1.807) is 6.08 Å². The molecule has 0 fully saturated rings. The van der Waals surface area contributed by atoms with Gasteiger partial charge in [0.25, 0.3) is 0 Å². The van der Waals surface area contributed by atoms with E-state index in [2.05, 4.69) is 30.4 Å². The summed E-state index contributed by atoms with van der Waals surface area (Å²) in [4.78, 5) is 0. The van der Waals surface area contributed by atoms with Crippen molar-refractivity contribution in [3.05, 3.63) is 24.8 Å². The Morgan fingerprint density at radius 2 is 2.33 bits per heavy atom. The van der Waals surface area contributed by atoms with E-state index < -0.39 is 0 Å². The fourth-order valence-corrected chi connectivity index (χ4v) is 0.232. The third-order valence-corrected chi connectivity index (χ3v) is 0.508. The molecule has 0 aromatic rings. The van der Waals surface area contributed by atoms with Crippen LogP contribution in [0.1, 0.15) is 0 Å². The Hall–Kier alpha value is 0.0774. The number of allylic oxidation sites excluding steroid dienone is 3. The summed E-state index contributed by atoms with van der Waals surface area (Å²) in [5, 5.41) is 1.10. The molecule has 0 aromatic carbocycles. The molecule has 0 bridgehead atoms. The Bertz CT molecular complexity index is 55.0. The molecule has 0 amide bonds. The molecule has 0 rings (SSSR count). The van der Waals surface area contributed by atoms with E-state index >= 15 is 0 Å². The second-order valence-corrected chi connectivity index (χ2v) is 1.07. The van der Waals surface area contributed by atoms with Crippen LogP contribution in [0.2, 0.25) is 5.09 Å². The van der Waals surface area contributed by atoms with E-state index in [9.17, 15) is 0 Å². The van der Waals surface area contributed by atoms with Crippen LogP contribution in [0.15, 0.2) is 24.8 Å². The van der Waals surface area contributed by atoms with Crippen molar-refractivity contribution in [1.82, 2.24) is 0 Å². The van der Waals surface area contributed by atoms with Crippen molar-refractivity contribution in [3.8, 4) is 0 Å². The first-order valence-corrected chi connectivity index (χ1v) is 2.19. The normalized spacial score (nSPS) is 9.67. The molecule has 0 atom stereocenters. The standard InChI is InChI=1S/C5H7.Li/c1-3-5-4-2;/h3-5H,1-2H2;. The molecule has 0 aromatic heterocycles. The van der Waals surface area contributed by atoms with Crippen LogP contribution >= 0.6 is 0 Å². The van der Waals surface area contributed by atoms with Gasteiger partial charge in [0.15, 0.2) is 0 Å². The number of hydrogen-bond donors (Lipinski definition) is 0. The average Bonchev–Trinajstić information content (AvgIpc) is 1.61. The quantitative estimate of drug-likeness (QED) is 0.342. The fourth-order valence-electron chi connectivity index (χ4n) is 0.232. The van der Waals surface area contributed by atoms with Crippen LogP contribution in [0.3, 0.4) is 0 Å². The number of rotatable bonds is 2. The summed E-state index contributed by atoms with van der Waals surface area (Å²) in [7, 11) is 0. The van der Waals surface area contributed by atoms with Crippen molar-refractivity contribution >= 4 is 17.7 Å². The van der Waals surface area contributed by atoms with E-state index in [1.165, 1.54) is 0 Å². The molecule has 28 valence electrons. The molecule has 0 N–H and O–H groups in total. The second kappa shape index (κ2) is 5.08. The second-order valence-electron chi connectivity index (χ2n) is 1.07. The van der Waals surface area contributed by atoms with Gasteiger partial charge in [0, 0.05) is 0 Å². The van der Waals surface area contributed by atoms with Crippen molar-refractivity contribution in [2.45, 2.75) is 5.09 Å². The molecule has 0 nitrogen and oxygen atoms in total. The minimum atomic E-state index is 1.10. The summed E-state index contributed by atoms with van der Waals surface area (Å²) >= 11 is 2.10. The van der Waals surface area contributed by atoms with E-state index in [0.717, 1.165) is 5.09 Å². The number of hydrogen-bond acceptors (Lipinski definition) is 0. The Balaban J connectivity index is 2.94. The summed E-state index contributed by atoms with van der Waals surface area (Å²) in [6, 6.07) is 0. The van der Waals surface area contributed by atoms with E-state index in [1.807, 2.05) is 6.08 Å². The first-order chi connectivity index (χ1) is 2.91. The molecule has 0 saturated heterocycles. The van der Waals surface area contributed by atoms with Crippen LogP contribution in [0.5, 0.6) is 0 Å². The van der Waals surface area contributed by atoms with Gasteiger partial charge in [-0.25, -0.2) is 0 Å². The first kappa shape index (κ1) is 6.08. The SMILES string of the molecule is [Li][CH2]C=CC=C. The summed E-state index contributed by atoms with van der Waals surface area (Å²) in [6.07, 6.45) is 5.79. The first-order valence-electron chi connectivity index (χ1n) is 2.19. The van der Waals surface area contributed by atoms with Crippen LogP contribution in [0, 0.1) is 0 Å². The molecule has 0 spiro atoms. The van der Waals surface area contributed by atoms with Crippen molar-refractivity contribution in [2.24, 2.45) is 0 Å². The Labute approximate surface area is 48.1 Å². The molecular formula is C5H7Li. The Morgan fingerprint density at radius 3 is 2.50 bits per heavy atom. The summed E-state index contributed by atoms with van der Waals surface area (Å²) in [6.45, 7) is 3.51. The summed E-state index contributed by atoms with van der Waals surface area (Å²) in [5.41, 5.74) is 0. The van der Waals surface area contributed by atoms with Crippen molar-refractivity contribution < 1.29 is 0 Å². The third-order valence-electron chi connectivity index (χ3n) is 0.508. The van der Waals surface area contributed by atoms with Gasteiger partial charge in [-0.2, -0.15) is 0 Å². The fraction of sp³-hybridized carbons (Fsp3) is 0.200. The molecule has 0 aliphatic heterocycles. The van der Waals surface area contributed by atoms with E-state index in [0.29, 0.717) is 0 Å². The molecule has 0 aliphatic rings. The third kappa shape index (κ3) is 4.08. The van der Waals surface area contributed by atoms with Gasteiger partial charge < -0.3 is 0 Å². The van der Waals surface area contributed by atoms with Gasteiger partial charge in [0.1, 0.15) is 0 Å². The molecule has 0 unspecified atom stereocenters. The molecule has 0 heterocycles. The molecule has 1 heteroatoms. The van der Waals surface area contributed by atoms with Crippen LogP contribution < -0.4 is 0 Å². The van der Waals surface area contributed by atoms with Gasteiger partial charge in [0.2, 0.25) is 0 Å². The topological polar surface area (TPSA) is 0 Å². The van der Waals surface area contributed by atoms with Crippen molar-refractivity contribution in [3.63, 3.8) is 0 Å². The maximum absolute atomic E-state index is 3.51. The van der Waals surface area contributed by atoms with E-state index in [-0.39, 0.29) is 0 Å². The zero-order valence-electron chi connectivity index (χ0n) is 4.15. The summed E-state index contributed by atoms with van der Waals surface area (Å²) in [5.74, 6) is 0. The Morgan fingerprint density at radius 1 is 1.67 bits per heavy atom. The van der Waals surface area contributed by atoms with Gasteiger partial charge in [-0.15, -0.1) is 0 Å². The zero-order valence-corrected chi connectivity index (χ0v) is 4.15. The minimum absolute atomic E-state index is 1.10. The molecule has 6 heavy (non-hydrogen) atoms. The van der Waals surface area contributed by atoms with Gasteiger partial charge >= 0.3 is 47.6 Å². The van der Waals surface area contributed by atoms with E-state index in [4.69, 9.17) is 0 Å². The zero-order chi connectivity index (χ0) is 4.83. The van der Waals surface area contributed by atoms with Crippen LogP contribution in [-0.2, 0) is 0 Å². The van der Waals surface area contributed by atoms with Crippen LogP contribution in [-0.4, -0.2) is 17.7 Å². The maximum atomic E-state index is 3.51.